The molecular formula is C22H20FN5O. The smallest absolute Gasteiger partial charge is 0.165 e. The van der Waals surface area contributed by atoms with E-state index in [1.165, 1.54) is 6.07 Å². The van der Waals surface area contributed by atoms with Gasteiger partial charge in [-0.15, -0.1) is 10.2 Å². The zero-order valence-corrected chi connectivity index (χ0v) is 15.9. The van der Waals surface area contributed by atoms with Crippen LogP contribution in [0.2, 0.25) is 0 Å². The summed E-state index contributed by atoms with van der Waals surface area (Å²) in [6.07, 6.45) is 3.42. The number of aromatic nitrogens is 4. The maximum Gasteiger partial charge on any atom is 0.165 e. The van der Waals surface area contributed by atoms with Gasteiger partial charge in [0.2, 0.25) is 0 Å². The Morgan fingerprint density at radius 3 is 2.72 bits per heavy atom. The van der Waals surface area contributed by atoms with Crippen molar-refractivity contribution in [1.82, 2.24) is 19.7 Å². The summed E-state index contributed by atoms with van der Waals surface area (Å²) in [5.74, 6) is 1.96. The zero-order valence-electron chi connectivity index (χ0n) is 15.9. The molecule has 2 heterocycles. The Morgan fingerprint density at radius 1 is 1.07 bits per heavy atom. The van der Waals surface area contributed by atoms with Crippen LogP contribution in [-0.2, 0) is 20.2 Å². The van der Waals surface area contributed by atoms with Gasteiger partial charge in [0.1, 0.15) is 30.3 Å². The lowest BCUT2D eigenvalue weighted by atomic mass is 10.2. The molecule has 4 aromatic rings. The molecule has 6 nitrogen and oxygen atoms in total. The number of benzene rings is 2. The Balaban J connectivity index is 1.36. The van der Waals surface area contributed by atoms with Gasteiger partial charge in [-0.2, -0.15) is 0 Å². The van der Waals surface area contributed by atoms with Crippen LogP contribution in [0, 0.1) is 5.82 Å². The molecule has 0 saturated heterocycles. The average Bonchev–Trinajstić information content (AvgIpc) is 3.18. The zero-order chi connectivity index (χ0) is 20.1. The second-order valence-corrected chi connectivity index (χ2v) is 6.58. The fourth-order valence-corrected chi connectivity index (χ4v) is 2.89. The highest BCUT2D eigenvalue weighted by Crippen LogP contribution is 2.19. The first-order valence-corrected chi connectivity index (χ1v) is 9.18. The van der Waals surface area contributed by atoms with Gasteiger partial charge in [0, 0.05) is 30.9 Å². The van der Waals surface area contributed by atoms with Crippen LogP contribution in [0.1, 0.15) is 11.1 Å². The molecule has 0 amide bonds. The molecule has 0 atom stereocenters. The van der Waals surface area contributed by atoms with Crippen LogP contribution in [0.4, 0.5) is 10.2 Å². The molecule has 4 rings (SSSR count). The van der Waals surface area contributed by atoms with Crippen molar-refractivity contribution < 1.29 is 9.13 Å². The molecule has 0 spiro atoms. The second kappa shape index (κ2) is 8.52. The predicted octanol–water partition coefficient (Wildman–Crippen LogP) is 4.21. The molecule has 2 aromatic heterocycles. The summed E-state index contributed by atoms with van der Waals surface area (Å²) in [5.41, 5.74) is 2.47. The van der Waals surface area contributed by atoms with E-state index in [9.17, 15) is 4.39 Å². The topological polar surface area (TPSA) is 64.9 Å². The lowest BCUT2D eigenvalue weighted by molar-refractivity contribution is 0.299. The van der Waals surface area contributed by atoms with Crippen LogP contribution >= 0.6 is 0 Å². The van der Waals surface area contributed by atoms with Crippen LogP contribution in [-0.4, -0.2) is 19.7 Å². The van der Waals surface area contributed by atoms with Crippen molar-refractivity contribution in [2.45, 2.75) is 13.2 Å². The number of aryl methyl sites for hydroxylation is 1. The highest BCUT2D eigenvalue weighted by Gasteiger charge is 2.06. The summed E-state index contributed by atoms with van der Waals surface area (Å²) in [5, 5.41) is 11.2. The molecule has 0 aliphatic carbocycles. The minimum Gasteiger partial charge on any atom is -0.489 e. The Kier molecular flexibility index (Phi) is 5.47. The van der Waals surface area contributed by atoms with E-state index in [1.807, 2.05) is 48.0 Å². The van der Waals surface area contributed by atoms with Crippen LogP contribution in [0.15, 0.2) is 73.2 Å². The molecule has 0 radical (unpaired) electrons. The van der Waals surface area contributed by atoms with Crippen molar-refractivity contribution in [2.24, 2.45) is 7.05 Å². The van der Waals surface area contributed by atoms with Gasteiger partial charge >= 0.3 is 0 Å². The van der Waals surface area contributed by atoms with Crippen molar-refractivity contribution in [3.8, 4) is 17.1 Å². The van der Waals surface area contributed by atoms with E-state index in [1.54, 1.807) is 30.7 Å². The first-order valence-electron chi connectivity index (χ1n) is 9.18. The number of hydrogen-bond donors (Lipinski definition) is 1. The molecular weight excluding hydrogens is 369 g/mol. The van der Waals surface area contributed by atoms with Crippen molar-refractivity contribution in [3.63, 3.8) is 0 Å². The SMILES string of the molecule is Cn1cnnc1-c1ccc(NCc2cccc(OCc3ccccc3F)c2)nc1. The van der Waals surface area contributed by atoms with Gasteiger partial charge < -0.3 is 14.6 Å². The van der Waals surface area contributed by atoms with E-state index in [4.69, 9.17) is 4.74 Å². The van der Waals surface area contributed by atoms with E-state index in [2.05, 4.69) is 20.5 Å². The molecule has 29 heavy (non-hydrogen) atoms. The van der Waals surface area contributed by atoms with Crippen LogP contribution in [0.3, 0.4) is 0 Å². The molecule has 2 aromatic carbocycles. The first kappa shape index (κ1) is 18.6. The predicted molar refractivity (Wildman–Crippen MR) is 109 cm³/mol. The van der Waals surface area contributed by atoms with Crippen molar-refractivity contribution in [2.75, 3.05) is 5.32 Å². The van der Waals surface area contributed by atoms with E-state index in [-0.39, 0.29) is 12.4 Å². The van der Waals surface area contributed by atoms with Gasteiger partial charge in [-0.05, 0) is 35.9 Å². The van der Waals surface area contributed by atoms with Crippen molar-refractivity contribution >= 4 is 5.82 Å². The standard InChI is InChI=1S/C22H20FN5O/c1-28-15-26-27-22(28)17-9-10-21(25-13-17)24-12-16-5-4-7-19(11-16)29-14-18-6-2-3-8-20(18)23/h2-11,13,15H,12,14H2,1H3,(H,24,25). The van der Waals surface area contributed by atoms with Crippen molar-refractivity contribution in [3.05, 3.63) is 90.1 Å². The molecule has 0 fully saturated rings. The number of nitrogens with zero attached hydrogens (tertiary/aromatic N) is 4. The fraction of sp³-hybridized carbons (Fsp3) is 0.136. The molecule has 0 aliphatic heterocycles. The second-order valence-electron chi connectivity index (χ2n) is 6.58. The van der Waals surface area contributed by atoms with E-state index >= 15 is 0 Å². The monoisotopic (exact) mass is 389 g/mol. The normalized spacial score (nSPS) is 10.7. The summed E-state index contributed by atoms with van der Waals surface area (Å²) in [6.45, 7) is 0.780. The fourth-order valence-electron chi connectivity index (χ4n) is 2.89. The number of anilines is 1. The molecule has 0 saturated carbocycles. The molecule has 1 N–H and O–H groups in total. The van der Waals surface area contributed by atoms with Gasteiger partial charge in [-0.3, -0.25) is 0 Å². The number of pyridine rings is 1. The minimum absolute atomic E-state index is 0.189. The van der Waals surface area contributed by atoms with Crippen LogP contribution in [0.25, 0.3) is 11.4 Å². The number of hydrogen-bond acceptors (Lipinski definition) is 5. The molecule has 0 bridgehead atoms. The lowest BCUT2D eigenvalue weighted by Gasteiger charge is -2.10. The number of nitrogens with one attached hydrogen (secondary N) is 1. The Bertz CT molecular complexity index is 1090. The van der Waals surface area contributed by atoms with E-state index in [0.717, 1.165) is 22.8 Å². The number of ether oxygens (including phenoxy) is 1. The lowest BCUT2D eigenvalue weighted by Crippen LogP contribution is -2.03. The highest BCUT2D eigenvalue weighted by molar-refractivity contribution is 5.56. The van der Waals surface area contributed by atoms with E-state index in [0.29, 0.717) is 17.9 Å². The first-order chi connectivity index (χ1) is 14.2. The average molecular weight is 389 g/mol. The van der Waals surface area contributed by atoms with Gasteiger partial charge in [0.25, 0.3) is 0 Å². The van der Waals surface area contributed by atoms with E-state index < -0.39 is 0 Å². The summed E-state index contributed by atoms with van der Waals surface area (Å²) in [7, 11) is 1.89. The summed E-state index contributed by atoms with van der Waals surface area (Å²) < 4.78 is 21.3. The summed E-state index contributed by atoms with van der Waals surface area (Å²) in [4.78, 5) is 4.43. The molecule has 0 unspecified atom stereocenters. The Labute approximate surface area is 168 Å². The Hall–Kier alpha value is -3.74. The molecule has 146 valence electrons. The largest absolute Gasteiger partial charge is 0.489 e. The quantitative estimate of drug-likeness (QED) is 0.513. The maximum absolute atomic E-state index is 13.7. The van der Waals surface area contributed by atoms with Crippen LogP contribution < -0.4 is 10.1 Å². The minimum atomic E-state index is -0.263. The maximum atomic E-state index is 13.7. The third-order valence-corrected chi connectivity index (χ3v) is 4.46. The highest BCUT2D eigenvalue weighted by atomic mass is 19.1. The van der Waals surface area contributed by atoms with Gasteiger partial charge in [0.05, 0.1) is 0 Å². The van der Waals surface area contributed by atoms with Gasteiger partial charge in [-0.25, -0.2) is 9.37 Å². The van der Waals surface area contributed by atoms with Gasteiger partial charge in [0.15, 0.2) is 5.82 Å². The van der Waals surface area contributed by atoms with Crippen LogP contribution in [0.5, 0.6) is 5.75 Å². The number of rotatable bonds is 7. The number of halogens is 1. The van der Waals surface area contributed by atoms with Crippen molar-refractivity contribution in [1.29, 1.82) is 0 Å². The third kappa shape index (κ3) is 4.57. The molecule has 7 heteroatoms. The molecule has 0 aliphatic rings. The Morgan fingerprint density at radius 2 is 1.97 bits per heavy atom. The third-order valence-electron chi connectivity index (χ3n) is 4.46. The summed E-state index contributed by atoms with van der Waals surface area (Å²) >= 11 is 0. The van der Waals surface area contributed by atoms with Gasteiger partial charge in [-0.1, -0.05) is 30.3 Å². The summed E-state index contributed by atoms with van der Waals surface area (Å²) in [6, 6.07) is 18.2.